The van der Waals surface area contributed by atoms with E-state index in [-0.39, 0.29) is 11.9 Å². The monoisotopic (exact) mass is 273 g/mol. The molecule has 0 radical (unpaired) electrons. The van der Waals surface area contributed by atoms with E-state index in [0.29, 0.717) is 19.4 Å². The molecule has 1 amide bonds. The summed E-state index contributed by atoms with van der Waals surface area (Å²) in [4.78, 5) is 12.4. The molecule has 0 unspecified atom stereocenters. The molecule has 1 saturated carbocycles. The van der Waals surface area contributed by atoms with Gasteiger partial charge in [0.2, 0.25) is 5.91 Å². The molecule has 2 heterocycles. The molecule has 6 nitrogen and oxygen atoms in total. The van der Waals surface area contributed by atoms with Crippen LogP contribution in [0.5, 0.6) is 0 Å². The van der Waals surface area contributed by atoms with Gasteiger partial charge in [0.05, 0.1) is 6.07 Å². The number of hydrogen-bond acceptors (Lipinski definition) is 4. The van der Waals surface area contributed by atoms with Gasteiger partial charge < -0.3 is 9.88 Å². The van der Waals surface area contributed by atoms with E-state index in [1.54, 1.807) is 0 Å². The van der Waals surface area contributed by atoms with Crippen LogP contribution < -0.4 is 5.32 Å². The highest BCUT2D eigenvalue weighted by Gasteiger charge is 2.42. The summed E-state index contributed by atoms with van der Waals surface area (Å²) in [7, 11) is 0. The molecule has 1 aromatic heterocycles. The van der Waals surface area contributed by atoms with Crippen LogP contribution in [0.25, 0.3) is 0 Å². The Hall–Kier alpha value is -1.90. The maximum atomic E-state index is 12.4. The molecule has 1 aliphatic heterocycles. The number of nitriles is 1. The van der Waals surface area contributed by atoms with Gasteiger partial charge >= 0.3 is 0 Å². The molecule has 2 aliphatic rings. The lowest BCUT2D eigenvalue weighted by molar-refractivity contribution is -0.128. The largest absolute Gasteiger partial charge is 0.350 e. The third-order valence-corrected chi connectivity index (χ3v) is 4.57. The van der Waals surface area contributed by atoms with Gasteiger partial charge in [-0.1, -0.05) is 12.8 Å². The number of rotatable bonds is 2. The lowest BCUT2D eigenvalue weighted by Crippen LogP contribution is -2.47. The van der Waals surface area contributed by atoms with Gasteiger partial charge in [-0.25, -0.2) is 0 Å². The Labute approximate surface area is 118 Å². The van der Waals surface area contributed by atoms with Crippen LogP contribution >= 0.6 is 0 Å². The van der Waals surface area contributed by atoms with E-state index in [4.69, 9.17) is 0 Å². The molecular weight excluding hydrogens is 254 g/mol. The quantitative estimate of drug-likeness (QED) is 0.874. The second-order valence-corrected chi connectivity index (χ2v) is 5.88. The number of nitrogens with zero attached hydrogens (tertiary/aromatic N) is 4. The summed E-state index contributed by atoms with van der Waals surface area (Å²) in [6, 6.07) is 2.33. The molecule has 0 spiro atoms. The smallest absolute Gasteiger partial charge is 0.240 e. The molecule has 0 aromatic carbocycles. The minimum absolute atomic E-state index is 0.0792. The van der Waals surface area contributed by atoms with Crippen molar-refractivity contribution in [1.82, 2.24) is 20.1 Å². The van der Waals surface area contributed by atoms with Crippen LogP contribution in [0.4, 0.5) is 0 Å². The van der Waals surface area contributed by atoms with Crippen molar-refractivity contribution in [2.45, 2.75) is 58.0 Å². The maximum Gasteiger partial charge on any atom is 0.240 e. The standard InChI is InChI=1S/C14H19N5O/c1-10-17-18-12-5-4-11(8-19(10)12)16-13(20)14(9-15)6-2-3-7-14/h11H,2-8H2,1H3,(H,16,20)/t11-/m0/s1. The third kappa shape index (κ3) is 2.07. The maximum absolute atomic E-state index is 12.4. The first-order chi connectivity index (χ1) is 9.64. The summed E-state index contributed by atoms with van der Waals surface area (Å²) in [6.45, 7) is 2.63. The third-order valence-electron chi connectivity index (χ3n) is 4.57. The van der Waals surface area contributed by atoms with Crippen molar-refractivity contribution in [3.63, 3.8) is 0 Å². The molecule has 1 atom stereocenters. The van der Waals surface area contributed by atoms with Crippen LogP contribution in [0.3, 0.4) is 0 Å². The highest BCUT2D eigenvalue weighted by atomic mass is 16.2. The number of nitrogens with one attached hydrogen (secondary N) is 1. The first kappa shape index (κ1) is 13.1. The SMILES string of the molecule is Cc1nnc2n1C[C@@H](NC(=O)C1(C#N)CCCC1)CC2. The summed E-state index contributed by atoms with van der Waals surface area (Å²) in [5.74, 6) is 1.79. The van der Waals surface area contributed by atoms with Crippen LogP contribution in [0, 0.1) is 23.7 Å². The fourth-order valence-electron chi connectivity index (χ4n) is 3.27. The van der Waals surface area contributed by atoms with E-state index in [0.717, 1.165) is 37.3 Å². The van der Waals surface area contributed by atoms with E-state index in [1.807, 2.05) is 6.92 Å². The Kier molecular flexibility index (Phi) is 3.20. The zero-order chi connectivity index (χ0) is 14.2. The predicted octanol–water partition coefficient (Wildman–Crippen LogP) is 1.10. The summed E-state index contributed by atoms with van der Waals surface area (Å²) >= 11 is 0. The number of aryl methyl sites for hydroxylation is 2. The van der Waals surface area contributed by atoms with Crippen molar-refractivity contribution >= 4 is 5.91 Å². The van der Waals surface area contributed by atoms with Gasteiger partial charge in [0.15, 0.2) is 0 Å². The second-order valence-electron chi connectivity index (χ2n) is 5.88. The number of carbonyl (C=O) groups is 1. The molecule has 106 valence electrons. The van der Waals surface area contributed by atoms with Crippen molar-refractivity contribution in [3.05, 3.63) is 11.6 Å². The number of fused-ring (bicyclic) bond motifs is 1. The Morgan fingerprint density at radius 2 is 2.20 bits per heavy atom. The van der Waals surface area contributed by atoms with Crippen LogP contribution in [0.1, 0.15) is 43.8 Å². The summed E-state index contributed by atoms with van der Waals surface area (Å²) in [5.41, 5.74) is -0.789. The Morgan fingerprint density at radius 3 is 2.90 bits per heavy atom. The van der Waals surface area contributed by atoms with E-state index in [9.17, 15) is 10.1 Å². The molecule has 3 rings (SSSR count). The Balaban J connectivity index is 1.69. The zero-order valence-electron chi connectivity index (χ0n) is 11.7. The Bertz CT molecular complexity index is 565. The van der Waals surface area contributed by atoms with Gasteiger partial charge in [-0.2, -0.15) is 5.26 Å². The van der Waals surface area contributed by atoms with Crippen LogP contribution in [-0.2, 0) is 17.8 Å². The fourth-order valence-corrected chi connectivity index (χ4v) is 3.27. The molecular formula is C14H19N5O. The van der Waals surface area contributed by atoms with Gasteiger partial charge in [-0.3, -0.25) is 4.79 Å². The first-order valence-corrected chi connectivity index (χ1v) is 7.25. The van der Waals surface area contributed by atoms with Crippen molar-refractivity contribution in [2.75, 3.05) is 0 Å². The number of carbonyl (C=O) groups excluding carboxylic acids is 1. The van der Waals surface area contributed by atoms with Gasteiger partial charge in [-0.05, 0) is 26.2 Å². The zero-order valence-corrected chi connectivity index (χ0v) is 11.7. The molecule has 20 heavy (non-hydrogen) atoms. The van der Waals surface area contributed by atoms with Crippen molar-refractivity contribution < 1.29 is 4.79 Å². The Morgan fingerprint density at radius 1 is 1.45 bits per heavy atom. The molecule has 1 fully saturated rings. The summed E-state index contributed by atoms with van der Waals surface area (Å²) in [6.07, 6.45) is 5.02. The number of aromatic nitrogens is 3. The predicted molar refractivity (Wildman–Crippen MR) is 71.5 cm³/mol. The number of amides is 1. The minimum atomic E-state index is -0.789. The molecule has 0 saturated heterocycles. The van der Waals surface area contributed by atoms with Crippen LogP contribution in [-0.4, -0.2) is 26.7 Å². The van der Waals surface area contributed by atoms with E-state index >= 15 is 0 Å². The van der Waals surface area contributed by atoms with E-state index in [2.05, 4.69) is 26.2 Å². The molecule has 1 aromatic rings. The van der Waals surface area contributed by atoms with Crippen molar-refractivity contribution in [1.29, 1.82) is 5.26 Å². The topological polar surface area (TPSA) is 83.6 Å². The highest BCUT2D eigenvalue weighted by Crippen LogP contribution is 2.37. The van der Waals surface area contributed by atoms with E-state index in [1.165, 1.54) is 0 Å². The number of hydrogen-bond donors (Lipinski definition) is 1. The lowest BCUT2D eigenvalue weighted by Gasteiger charge is -2.28. The van der Waals surface area contributed by atoms with Crippen LogP contribution in [0.15, 0.2) is 0 Å². The van der Waals surface area contributed by atoms with Gasteiger partial charge in [0.1, 0.15) is 17.1 Å². The first-order valence-electron chi connectivity index (χ1n) is 7.25. The minimum Gasteiger partial charge on any atom is -0.350 e. The van der Waals surface area contributed by atoms with Gasteiger partial charge in [-0.15, -0.1) is 10.2 Å². The molecule has 1 aliphatic carbocycles. The highest BCUT2D eigenvalue weighted by molar-refractivity contribution is 5.86. The molecule has 6 heteroatoms. The van der Waals surface area contributed by atoms with Gasteiger partial charge in [0, 0.05) is 19.0 Å². The average Bonchev–Trinajstić information content (AvgIpc) is 3.07. The normalized spacial score (nSPS) is 23.9. The summed E-state index contributed by atoms with van der Waals surface area (Å²) < 4.78 is 2.06. The molecule has 0 bridgehead atoms. The van der Waals surface area contributed by atoms with E-state index < -0.39 is 5.41 Å². The van der Waals surface area contributed by atoms with Crippen molar-refractivity contribution in [2.24, 2.45) is 5.41 Å². The summed E-state index contributed by atoms with van der Waals surface area (Å²) in [5, 5.41) is 20.6. The lowest BCUT2D eigenvalue weighted by atomic mass is 9.86. The molecule has 1 N–H and O–H groups in total. The average molecular weight is 273 g/mol. The fraction of sp³-hybridized carbons (Fsp3) is 0.714. The second kappa shape index (κ2) is 4.89. The van der Waals surface area contributed by atoms with Crippen LogP contribution in [0.2, 0.25) is 0 Å². The van der Waals surface area contributed by atoms with Gasteiger partial charge in [0.25, 0.3) is 0 Å². The van der Waals surface area contributed by atoms with Crippen molar-refractivity contribution in [3.8, 4) is 6.07 Å².